The quantitative estimate of drug-likeness (QED) is 0.187. The molecule has 2 aliphatic rings. The molecule has 1 aromatic carbocycles. The number of esters is 1. The smallest absolute Gasteiger partial charge is 0.354 e. The second-order valence-corrected chi connectivity index (χ2v) is 10.5. The third-order valence-corrected chi connectivity index (χ3v) is 7.24. The van der Waals surface area contributed by atoms with Crippen molar-refractivity contribution in [3.8, 4) is 11.5 Å². The van der Waals surface area contributed by atoms with E-state index in [0.717, 1.165) is 16.0 Å². The van der Waals surface area contributed by atoms with Crippen LogP contribution in [0.15, 0.2) is 46.5 Å². The standard InChI is InChI=1S/C25H29N5O5S/c1-24(2,3)35-22(31)17-14-25(23(26)32,20-6-5-11-36-20)21-16-13-19(34-10-8-28-29-27)18(33-4)12-15(16)7-9-30(17)21/h5-6,11-14,21H,7-10H2,1-4H3,(H2,26,32). The molecular formula is C25H29N5O5S. The average molecular weight is 512 g/mol. The Morgan fingerprint density at radius 2 is 2.11 bits per heavy atom. The number of amides is 1. The van der Waals surface area contributed by atoms with E-state index < -0.39 is 28.9 Å². The number of rotatable bonds is 8. The number of methoxy groups -OCH3 is 1. The van der Waals surface area contributed by atoms with Crippen molar-refractivity contribution in [2.45, 2.75) is 44.2 Å². The summed E-state index contributed by atoms with van der Waals surface area (Å²) < 4.78 is 17.1. The van der Waals surface area contributed by atoms with Crippen LogP contribution in [0.25, 0.3) is 10.4 Å². The average Bonchev–Trinajstić information content (AvgIpc) is 3.47. The molecule has 0 saturated heterocycles. The lowest BCUT2D eigenvalue weighted by Crippen LogP contribution is -2.48. The molecule has 2 aromatic rings. The van der Waals surface area contributed by atoms with E-state index in [4.69, 9.17) is 25.5 Å². The number of carbonyl (C=O) groups excluding carboxylic acids is 2. The van der Waals surface area contributed by atoms with Crippen LogP contribution in [0.2, 0.25) is 0 Å². The Kier molecular flexibility index (Phi) is 6.88. The number of thiophene rings is 1. The molecule has 0 spiro atoms. The van der Waals surface area contributed by atoms with Crippen LogP contribution in [0.1, 0.15) is 42.8 Å². The number of primary amides is 1. The van der Waals surface area contributed by atoms with Gasteiger partial charge in [-0.05, 0) is 73.5 Å². The molecule has 2 aliphatic heterocycles. The van der Waals surface area contributed by atoms with Gasteiger partial charge in [-0.3, -0.25) is 4.79 Å². The van der Waals surface area contributed by atoms with Crippen molar-refractivity contribution < 1.29 is 23.8 Å². The Labute approximate surface area is 213 Å². The third kappa shape index (κ3) is 4.47. The highest BCUT2D eigenvalue weighted by molar-refractivity contribution is 7.10. The summed E-state index contributed by atoms with van der Waals surface area (Å²) in [6.07, 6.45) is 2.28. The maximum atomic E-state index is 13.3. The van der Waals surface area contributed by atoms with Gasteiger partial charge >= 0.3 is 5.97 Å². The first-order valence-electron chi connectivity index (χ1n) is 11.5. The molecule has 0 radical (unpaired) electrons. The first-order valence-corrected chi connectivity index (χ1v) is 12.4. The first-order chi connectivity index (χ1) is 17.1. The lowest BCUT2D eigenvalue weighted by atomic mass is 9.73. The van der Waals surface area contributed by atoms with Crippen LogP contribution >= 0.6 is 11.3 Å². The SMILES string of the molecule is COc1cc2c(cc1OCCN=[N+]=[N-])C1N(CC2)C(C(=O)OC(C)(C)C)=CC1(C(N)=O)c1cccs1. The normalized spacial score (nSPS) is 20.5. The summed E-state index contributed by atoms with van der Waals surface area (Å²) in [5.41, 5.74) is 14.8. The second-order valence-electron chi connectivity index (χ2n) is 9.59. The molecule has 1 aromatic heterocycles. The van der Waals surface area contributed by atoms with E-state index >= 15 is 0 Å². The topological polar surface area (TPSA) is 140 Å². The van der Waals surface area contributed by atoms with Gasteiger partial charge in [0.1, 0.15) is 16.7 Å². The van der Waals surface area contributed by atoms with Crippen LogP contribution < -0.4 is 15.2 Å². The maximum absolute atomic E-state index is 13.3. The molecule has 4 rings (SSSR count). The van der Waals surface area contributed by atoms with Crippen molar-refractivity contribution in [3.05, 3.63) is 67.9 Å². The Bertz CT molecular complexity index is 1250. The zero-order valence-electron chi connectivity index (χ0n) is 20.7. The fourth-order valence-corrected chi connectivity index (χ4v) is 5.75. The molecular weight excluding hydrogens is 482 g/mol. The van der Waals surface area contributed by atoms with Crippen molar-refractivity contribution in [1.82, 2.24) is 4.90 Å². The van der Waals surface area contributed by atoms with Gasteiger partial charge in [0.05, 0.1) is 26.3 Å². The molecule has 0 fully saturated rings. The molecule has 11 heteroatoms. The predicted molar refractivity (Wildman–Crippen MR) is 135 cm³/mol. The number of carbonyl (C=O) groups is 2. The molecule has 0 aliphatic carbocycles. The summed E-state index contributed by atoms with van der Waals surface area (Å²) in [6.45, 7) is 6.20. The van der Waals surface area contributed by atoms with E-state index in [9.17, 15) is 9.59 Å². The van der Waals surface area contributed by atoms with Crippen LogP contribution in [0.4, 0.5) is 0 Å². The van der Waals surface area contributed by atoms with Gasteiger partial charge in [0, 0.05) is 16.3 Å². The Morgan fingerprint density at radius 3 is 2.72 bits per heavy atom. The predicted octanol–water partition coefficient (Wildman–Crippen LogP) is 4.01. The highest BCUT2D eigenvalue weighted by Gasteiger charge is 2.57. The monoisotopic (exact) mass is 511 g/mol. The zero-order valence-corrected chi connectivity index (χ0v) is 21.5. The lowest BCUT2D eigenvalue weighted by molar-refractivity contribution is -0.152. The molecule has 0 saturated carbocycles. The molecule has 2 atom stereocenters. The Hall–Kier alpha value is -3.69. The summed E-state index contributed by atoms with van der Waals surface area (Å²) in [7, 11) is 1.55. The summed E-state index contributed by atoms with van der Waals surface area (Å²) in [5.74, 6) is -0.0910. The van der Waals surface area contributed by atoms with Crippen molar-refractivity contribution in [1.29, 1.82) is 0 Å². The zero-order chi connectivity index (χ0) is 26.1. The third-order valence-electron chi connectivity index (χ3n) is 6.22. The minimum atomic E-state index is -1.29. The van der Waals surface area contributed by atoms with Crippen LogP contribution in [0.5, 0.6) is 11.5 Å². The van der Waals surface area contributed by atoms with Crippen molar-refractivity contribution in [2.24, 2.45) is 10.8 Å². The number of nitrogens with zero attached hydrogens (tertiary/aromatic N) is 4. The number of nitrogens with two attached hydrogens (primary N) is 1. The maximum Gasteiger partial charge on any atom is 0.354 e. The molecule has 1 amide bonds. The van der Waals surface area contributed by atoms with Gasteiger partial charge < -0.3 is 24.8 Å². The highest BCUT2D eigenvalue weighted by atomic mass is 32.1. The number of hydrogen-bond donors (Lipinski definition) is 1. The van der Waals surface area contributed by atoms with Gasteiger partial charge in [-0.15, -0.1) is 11.3 Å². The van der Waals surface area contributed by atoms with Crippen molar-refractivity contribution in [2.75, 3.05) is 26.8 Å². The minimum absolute atomic E-state index is 0.150. The van der Waals surface area contributed by atoms with Crippen LogP contribution in [0, 0.1) is 0 Å². The number of azide groups is 1. The van der Waals surface area contributed by atoms with Gasteiger partial charge in [-0.1, -0.05) is 11.2 Å². The van der Waals surface area contributed by atoms with E-state index in [0.29, 0.717) is 30.2 Å². The fourth-order valence-electron chi connectivity index (χ4n) is 4.82. The number of hydrogen-bond acceptors (Lipinski definition) is 8. The summed E-state index contributed by atoms with van der Waals surface area (Å²) in [4.78, 5) is 32.0. The first kappa shape index (κ1) is 25.4. The Balaban J connectivity index is 1.87. The molecule has 3 heterocycles. The van der Waals surface area contributed by atoms with E-state index in [1.807, 2.05) is 34.5 Å². The number of fused-ring (bicyclic) bond motifs is 3. The van der Waals surface area contributed by atoms with E-state index in [-0.39, 0.29) is 13.2 Å². The number of benzene rings is 1. The van der Waals surface area contributed by atoms with Gasteiger partial charge in [0.25, 0.3) is 0 Å². The van der Waals surface area contributed by atoms with E-state index in [1.54, 1.807) is 34.0 Å². The van der Waals surface area contributed by atoms with Crippen LogP contribution in [0.3, 0.4) is 0 Å². The molecule has 2 unspecified atom stereocenters. The van der Waals surface area contributed by atoms with Crippen molar-refractivity contribution >= 4 is 23.2 Å². The van der Waals surface area contributed by atoms with Crippen molar-refractivity contribution in [3.63, 3.8) is 0 Å². The molecule has 36 heavy (non-hydrogen) atoms. The van der Waals surface area contributed by atoms with Crippen LogP contribution in [-0.4, -0.2) is 49.2 Å². The fraction of sp³-hybridized carbons (Fsp3) is 0.440. The minimum Gasteiger partial charge on any atom is -0.493 e. The van der Waals surface area contributed by atoms with Gasteiger partial charge in [0.15, 0.2) is 11.5 Å². The number of ether oxygens (including phenoxy) is 3. The van der Waals surface area contributed by atoms with Gasteiger partial charge in [-0.2, -0.15) is 0 Å². The van der Waals surface area contributed by atoms with Gasteiger partial charge in [0.2, 0.25) is 5.91 Å². The molecule has 10 nitrogen and oxygen atoms in total. The van der Waals surface area contributed by atoms with Gasteiger partial charge in [-0.25, -0.2) is 4.79 Å². The molecule has 0 bridgehead atoms. The largest absolute Gasteiger partial charge is 0.493 e. The molecule has 190 valence electrons. The molecule has 2 N–H and O–H groups in total. The summed E-state index contributed by atoms with van der Waals surface area (Å²) >= 11 is 1.41. The second kappa shape index (κ2) is 9.75. The summed E-state index contributed by atoms with van der Waals surface area (Å²) in [6, 6.07) is 6.86. The highest BCUT2D eigenvalue weighted by Crippen LogP contribution is 2.54. The van der Waals surface area contributed by atoms with E-state index in [1.165, 1.54) is 11.3 Å². The van der Waals surface area contributed by atoms with E-state index in [2.05, 4.69) is 10.0 Å². The Morgan fingerprint density at radius 1 is 1.33 bits per heavy atom. The van der Waals surface area contributed by atoms with Crippen LogP contribution in [-0.2, 0) is 26.2 Å². The lowest BCUT2D eigenvalue weighted by Gasteiger charge is -2.42. The summed E-state index contributed by atoms with van der Waals surface area (Å²) in [5, 5.41) is 5.39.